The number of para-hydroxylation sites is 2. The first-order chi connectivity index (χ1) is 7.85. The Morgan fingerprint density at radius 3 is 2.62 bits per heavy atom. The topological polar surface area (TPSA) is 75.9 Å². The summed E-state index contributed by atoms with van der Waals surface area (Å²) < 4.78 is 5.02. The molecular weight excluding hydrogens is 206 g/mol. The van der Waals surface area contributed by atoms with Gasteiger partial charge in [0.2, 0.25) is 5.69 Å². The molecule has 1 aromatic carbocycles. The van der Waals surface area contributed by atoms with E-state index in [-0.39, 0.29) is 18.2 Å². The molecule has 2 aromatic rings. The average Bonchev–Trinajstić information content (AvgIpc) is 2.35. The van der Waals surface area contributed by atoms with Crippen LogP contribution in [-0.2, 0) is 4.79 Å². The third-order valence-electron chi connectivity index (χ3n) is 1.93. The molecule has 5 nitrogen and oxygen atoms in total. The Kier molecular flexibility index (Phi) is 2.74. The number of nitrogens with zero attached hydrogens (tertiary/aromatic N) is 3. The number of aldehydes is 1. The van der Waals surface area contributed by atoms with Gasteiger partial charge in [0, 0.05) is 0 Å². The second-order valence-corrected chi connectivity index (χ2v) is 2.96. The van der Waals surface area contributed by atoms with Gasteiger partial charge in [0.1, 0.15) is 12.7 Å². The lowest BCUT2D eigenvalue weighted by Gasteiger charge is -2.04. The van der Waals surface area contributed by atoms with Crippen molar-refractivity contribution >= 4 is 17.3 Å². The van der Waals surface area contributed by atoms with Gasteiger partial charge in [-0.05, 0) is 12.1 Å². The van der Waals surface area contributed by atoms with Crippen molar-refractivity contribution in [3.05, 3.63) is 30.0 Å². The summed E-state index contributed by atoms with van der Waals surface area (Å²) in [4.78, 5) is 18.4. The standard InChI is InChI=1S/C11H7N3O2/c12-7-10-11(16-6-5-15)14-9-4-2-1-3-8(9)13-10/h1-5H,6H2. The molecule has 0 unspecified atom stereocenters. The maximum absolute atomic E-state index is 10.2. The molecule has 0 saturated carbocycles. The van der Waals surface area contributed by atoms with Crippen molar-refractivity contribution < 1.29 is 9.53 Å². The fraction of sp³-hybridized carbons (Fsp3) is 0.0909. The fourth-order valence-corrected chi connectivity index (χ4v) is 1.27. The minimum absolute atomic E-state index is 0.0838. The third kappa shape index (κ3) is 1.81. The van der Waals surface area contributed by atoms with Crippen molar-refractivity contribution in [2.75, 3.05) is 6.61 Å². The summed E-state index contributed by atoms with van der Waals surface area (Å²) >= 11 is 0. The van der Waals surface area contributed by atoms with E-state index in [2.05, 4.69) is 9.97 Å². The van der Waals surface area contributed by atoms with Gasteiger partial charge in [-0.25, -0.2) is 9.97 Å². The van der Waals surface area contributed by atoms with Crippen LogP contribution in [0.15, 0.2) is 24.3 Å². The molecule has 1 aromatic heterocycles. The molecule has 0 saturated heterocycles. The number of nitriles is 1. The summed E-state index contributed by atoms with van der Waals surface area (Å²) in [6.45, 7) is -0.137. The van der Waals surface area contributed by atoms with Crippen LogP contribution in [0.4, 0.5) is 0 Å². The van der Waals surface area contributed by atoms with Crippen LogP contribution in [0.2, 0.25) is 0 Å². The van der Waals surface area contributed by atoms with Crippen LogP contribution < -0.4 is 4.74 Å². The quantitative estimate of drug-likeness (QED) is 0.713. The molecule has 0 amide bonds. The van der Waals surface area contributed by atoms with E-state index in [1.54, 1.807) is 12.1 Å². The Morgan fingerprint density at radius 1 is 1.31 bits per heavy atom. The Labute approximate surface area is 91.3 Å². The Balaban J connectivity index is 2.54. The van der Waals surface area contributed by atoms with Crippen LogP contribution in [0.1, 0.15) is 5.69 Å². The maximum Gasteiger partial charge on any atom is 0.252 e. The summed E-state index contributed by atoms with van der Waals surface area (Å²) in [6.07, 6.45) is 0.595. The number of carbonyl (C=O) groups excluding carboxylic acids is 1. The lowest BCUT2D eigenvalue weighted by atomic mass is 10.3. The second kappa shape index (κ2) is 4.36. The summed E-state index contributed by atoms with van der Waals surface area (Å²) in [5.74, 6) is 0.0910. The van der Waals surface area contributed by atoms with Gasteiger partial charge in [-0.15, -0.1) is 0 Å². The molecule has 0 aliphatic rings. The van der Waals surface area contributed by atoms with Crippen molar-refractivity contribution in [2.24, 2.45) is 0 Å². The lowest BCUT2D eigenvalue weighted by Crippen LogP contribution is -2.03. The van der Waals surface area contributed by atoms with Crippen molar-refractivity contribution in [2.45, 2.75) is 0 Å². The molecule has 0 aliphatic heterocycles. The van der Waals surface area contributed by atoms with Gasteiger partial charge in [0.15, 0.2) is 6.29 Å². The Morgan fingerprint density at radius 2 is 2.00 bits per heavy atom. The first kappa shape index (κ1) is 10.1. The highest BCUT2D eigenvalue weighted by Crippen LogP contribution is 2.17. The SMILES string of the molecule is N#Cc1nc2ccccc2nc1OCC=O. The zero-order valence-corrected chi connectivity index (χ0v) is 8.25. The molecule has 0 radical (unpaired) electrons. The van der Waals surface area contributed by atoms with Crippen LogP contribution in [0.25, 0.3) is 11.0 Å². The van der Waals surface area contributed by atoms with Gasteiger partial charge in [-0.1, -0.05) is 12.1 Å². The van der Waals surface area contributed by atoms with Crippen LogP contribution in [0.5, 0.6) is 5.88 Å². The number of ether oxygens (including phenoxy) is 1. The van der Waals surface area contributed by atoms with E-state index in [4.69, 9.17) is 10.00 Å². The zero-order valence-electron chi connectivity index (χ0n) is 8.25. The number of aromatic nitrogens is 2. The summed E-state index contributed by atoms with van der Waals surface area (Å²) in [6, 6.07) is 9.02. The third-order valence-corrected chi connectivity index (χ3v) is 1.93. The van der Waals surface area contributed by atoms with Crippen LogP contribution in [-0.4, -0.2) is 22.9 Å². The van der Waals surface area contributed by atoms with Crippen molar-refractivity contribution in [1.82, 2.24) is 9.97 Å². The number of carbonyl (C=O) groups is 1. The van der Waals surface area contributed by atoms with Crippen LogP contribution >= 0.6 is 0 Å². The summed E-state index contributed by atoms with van der Waals surface area (Å²) in [5.41, 5.74) is 1.33. The number of hydrogen-bond acceptors (Lipinski definition) is 5. The lowest BCUT2D eigenvalue weighted by molar-refractivity contribution is -0.109. The molecule has 0 bridgehead atoms. The van der Waals surface area contributed by atoms with Crippen LogP contribution in [0.3, 0.4) is 0 Å². The highest BCUT2D eigenvalue weighted by atomic mass is 16.5. The summed E-state index contributed by atoms with van der Waals surface area (Å²) in [7, 11) is 0. The van der Waals surface area contributed by atoms with E-state index in [1.165, 1.54) is 0 Å². The van der Waals surface area contributed by atoms with Crippen molar-refractivity contribution in [3.8, 4) is 11.9 Å². The van der Waals surface area contributed by atoms with Gasteiger partial charge in [0.25, 0.3) is 5.88 Å². The molecule has 16 heavy (non-hydrogen) atoms. The van der Waals surface area contributed by atoms with Gasteiger partial charge in [0.05, 0.1) is 11.0 Å². The molecule has 0 N–H and O–H groups in total. The molecular formula is C11H7N3O2. The van der Waals surface area contributed by atoms with E-state index in [1.807, 2.05) is 18.2 Å². The molecule has 5 heteroatoms. The van der Waals surface area contributed by atoms with E-state index >= 15 is 0 Å². The number of hydrogen-bond donors (Lipinski definition) is 0. The molecule has 0 aliphatic carbocycles. The predicted molar refractivity (Wildman–Crippen MR) is 55.8 cm³/mol. The Hall–Kier alpha value is -2.48. The molecule has 1 heterocycles. The smallest absolute Gasteiger partial charge is 0.252 e. The van der Waals surface area contributed by atoms with Crippen molar-refractivity contribution in [3.63, 3.8) is 0 Å². The first-order valence-corrected chi connectivity index (χ1v) is 4.58. The molecule has 0 spiro atoms. The summed E-state index contributed by atoms with van der Waals surface area (Å²) in [5, 5.41) is 8.86. The average molecular weight is 213 g/mol. The maximum atomic E-state index is 10.2. The second-order valence-electron chi connectivity index (χ2n) is 2.96. The number of fused-ring (bicyclic) bond motifs is 1. The first-order valence-electron chi connectivity index (χ1n) is 4.58. The molecule has 78 valence electrons. The van der Waals surface area contributed by atoms with E-state index < -0.39 is 0 Å². The number of rotatable bonds is 3. The Bertz CT molecular complexity index is 575. The largest absolute Gasteiger partial charge is 0.468 e. The molecule has 0 atom stereocenters. The van der Waals surface area contributed by atoms with E-state index in [0.717, 1.165) is 0 Å². The van der Waals surface area contributed by atoms with Gasteiger partial charge in [-0.2, -0.15) is 5.26 Å². The van der Waals surface area contributed by atoms with E-state index in [0.29, 0.717) is 17.3 Å². The van der Waals surface area contributed by atoms with Gasteiger partial charge >= 0.3 is 0 Å². The van der Waals surface area contributed by atoms with Gasteiger partial charge < -0.3 is 4.74 Å². The van der Waals surface area contributed by atoms with Crippen LogP contribution in [0, 0.1) is 11.3 Å². The minimum Gasteiger partial charge on any atom is -0.468 e. The van der Waals surface area contributed by atoms with Gasteiger partial charge in [-0.3, -0.25) is 4.79 Å². The normalized spacial score (nSPS) is 9.69. The molecule has 2 rings (SSSR count). The monoisotopic (exact) mass is 213 g/mol. The highest BCUT2D eigenvalue weighted by Gasteiger charge is 2.08. The van der Waals surface area contributed by atoms with E-state index in [9.17, 15) is 4.79 Å². The minimum atomic E-state index is -0.137. The highest BCUT2D eigenvalue weighted by molar-refractivity contribution is 5.75. The predicted octanol–water partition coefficient (Wildman–Crippen LogP) is 1.08. The zero-order chi connectivity index (χ0) is 11.4. The fourth-order valence-electron chi connectivity index (χ4n) is 1.27. The molecule has 0 fully saturated rings. The number of benzene rings is 1. The van der Waals surface area contributed by atoms with Crippen molar-refractivity contribution in [1.29, 1.82) is 5.26 Å².